The fourth-order valence-electron chi connectivity index (χ4n) is 11.2. The minimum atomic E-state index is 1.11. The summed E-state index contributed by atoms with van der Waals surface area (Å²) in [6.45, 7) is 0. The van der Waals surface area contributed by atoms with Gasteiger partial charge in [-0.15, -0.1) is 0 Å². The first-order valence-electron chi connectivity index (χ1n) is 24.4. The molecule has 0 amide bonds. The van der Waals surface area contributed by atoms with E-state index in [1.165, 1.54) is 93.0 Å². The van der Waals surface area contributed by atoms with Crippen molar-refractivity contribution in [2.24, 2.45) is 0 Å². The number of nitrogens with zero attached hydrogens (tertiary/aromatic N) is 3. The molecule has 0 fully saturated rings. The molecule has 3 heteroatoms. The number of aromatic nitrogens is 2. The molecule has 0 N–H and O–H groups in total. The number of anilines is 3. The molecule has 0 aliphatic carbocycles. The van der Waals surface area contributed by atoms with E-state index in [2.05, 4.69) is 287 Å². The van der Waals surface area contributed by atoms with E-state index in [9.17, 15) is 0 Å². The van der Waals surface area contributed by atoms with Gasteiger partial charge in [0.1, 0.15) is 0 Å². The van der Waals surface area contributed by atoms with Gasteiger partial charge in [-0.1, -0.05) is 182 Å². The zero-order valence-corrected chi connectivity index (χ0v) is 38.8. The summed E-state index contributed by atoms with van der Waals surface area (Å²) in [5.74, 6) is 0. The maximum Gasteiger partial charge on any atom is 0.0795 e. The summed E-state index contributed by atoms with van der Waals surface area (Å²) in [6.07, 6.45) is 0. The Labute approximate surface area is 412 Å². The Morgan fingerprint density at radius 2 is 0.690 bits per heavy atom. The largest absolute Gasteiger partial charge is 0.310 e. The Kier molecular flexibility index (Phi) is 9.53. The van der Waals surface area contributed by atoms with Crippen molar-refractivity contribution in [2.75, 3.05) is 4.90 Å². The van der Waals surface area contributed by atoms with Gasteiger partial charge in [0.05, 0.1) is 22.1 Å². The molecule has 3 nitrogen and oxygen atoms in total. The number of benzene rings is 12. The fraction of sp³-hybridized carbons (Fsp3) is 0. The lowest BCUT2D eigenvalue weighted by Gasteiger charge is -2.26. The van der Waals surface area contributed by atoms with Crippen LogP contribution in [0, 0.1) is 0 Å². The average molecular weight is 904 g/mol. The summed E-state index contributed by atoms with van der Waals surface area (Å²) in [7, 11) is 0. The summed E-state index contributed by atoms with van der Waals surface area (Å²) in [6, 6.07) is 99.8. The third kappa shape index (κ3) is 6.82. The van der Waals surface area contributed by atoms with Crippen LogP contribution in [0.3, 0.4) is 0 Å². The van der Waals surface area contributed by atoms with Crippen LogP contribution in [0.1, 0.15) is 0 Å². The first-order chi connectivity index (χ1) is 35.2. The van der Waals surface area contributed by atoms with Crippen LogP contribution in [-0.4, -0.2) is 9.13 Å². The zero-order valence-electron chi connectivity index (χ0n) is 38.8. The summed E-state index contributed by atoms with van der Waals surface area (Å²) in [5, 5.41) is 9.77. The van der Waals surface area contributed by atoms with Gasteiger partial charge in [0.25, 0.3) is 0 Å². The van der Waals surface area contributed by atoms with Gasteiger partial charge in [0.15, 0.2) is 0 Å². The van der Waals surface area contributed by atoms with Crippen LogP contribution in [0.25, 0.3) is 110 Å². The van der Waals surface area contributed by atoms with E-state index < -0.39 is 0 Å². The molecule has 0 aliphatic heterocycles. The Morgan fingerprint density at radius 1 is 0.254 bits per heavy atom. The molecule has 14 rings (SSSR count). The highest BCUT2D eigenvalue weighted by atomic mass is 15.1. The Hall–Kier alpha value is -9.44. The van der Waals surface area contributed by atoms with Gasteiger partial charge in [-0.3, -0.25) is 0 Å². The molecular formula is C68H45N3. The third-order valence-electron chi connectivity index (χ3n) is 14.4. The number of fused-ring (bicyclic) bond motifs is 9. The van der Waals surface area contributed by atoms with Crippen molar-refractivity contribution < 1.29 is 0 Å². The molecule has 0 radical (unpaired) electrons. The molecule has 0 atom stereocenters. The van der Waals surface area contributed by atoms with Gasteiger partial charge < -0.3 is 14.0 Å². The zero-order chi connectivity index (χ0) is 46.8. The second kappa shape index (κ2) is 16.7. The Morgan fingerprint density at radius 3 is 1.30 bits per heavy atom. The highest BCUT2D eigenvalue weighted by Crippen LogP contribution is 2.47. The maximum atomic E-state index is 2.53. The first kappa shape index (κ1) is 40.6. The van der Waals surface area contributed by atoms with Crippen molar-refractivity contribution >= 4 is 82.2 Å². The van der Waals surface area contributed by atoms with Gasteiger partial charge in [0, 0.05) is 50.0 Å². The molecule has 0 unspecified atom stereocenters. The van der Waals surface area contributed by atoms with Crippen molar-refractivity contribution in [3.63, 3.8) is 0 Å². The van der Waals surface area contributed by atoms with Gasteiger partial charge >= 0.3 is 0 Å². The molecule has 2 heterocycles. The predicted molar refractivity (Wildman–Crippen MR) is 301 cm³/mol. The number of para-hydroxylation sites is 4. The Bertz CT molecular complexity index is 4310. The molecule has 0 spiro atoms. The maximum absolute atomic E-state index is 2.53. The third-order valence-corrected chi connectivity index (χ3v) is 14.4. The van der Waals surface area contributed by atoms with Crippen LogP contribution in [0.5, 0.6) is 0 Å². The van der Waals surface area contributed by atoms with Gasteiger partial charge in [-0.25, -0.2) is 0 Å². The molecule has 0 saturated heterocycles. The van der Waals surface area contributed by atoms with Crippen LogP contribution in [0.4, 0.5) is 17.1 Å². The van der Waals surface area contributed by atoms with Crippen molar-refractivity contribution in [1.29, 1.82) is 0 Å². The monoisotopic (exact) mass is 903 g/mol. The predicted octanol–water partition coefficient (Wildman–Crippen LogP) is 18.7. The minimum Gasteiger partial charge on any atom is -0.310 e. The molecule has 332 valence electrons. The lowest BCUT2D eigenvalue weighted by molar-refractivity contribution is 1.15. The molecule has 12 aromatic carbocycles. The van der Waals surface area contributed by atoms with Gasteiger partial charge in [-0.2, -0.15) is 0 Å². The van der Waals surface area contributed by atoms with Crippen molar-refractivity contribution in [3.05, 3.63) is 273 Å². The van der Waals surface area contributed by atoms with E-state index in [1.807, 2.05) is 0 Å². The van der Waals surface area contributed by atoms with E-state index in [4.69, 9.17) is 0 Å². The van der Waals surface area contributed by atoms with Crippen LogP contribution in [0.15, 0.2) is 273 Å². The van der Waals surface area contributed by atoms with Crippen LogP contribution < -0.4 is 4.90 Å². The lowest BCUT2D eigenvalue weighted by atomic mass is 9.93. The summed E-state index contributed by atoms with van der Waals surface area (Å²) < 4.78 is 5.03. The summed E-state index contributed by atoms with van der Waals surface area (Å²) >= 11 is 0. The topological polar surface area (TPSA) is 13.1 Å². The van der Waals surface area contributed by atoms with Crippen molar-refractivity contribution in [2.45, 2.75) is 0 Å². The van der Waals surface area contributed by atoms with Crippen LogP contribution in [0.2, 0.25) is 0 Å². The molecular weight excluding hydrogens is 859 g/mol. The SMILES string of the molecule is c1ccc(N(c2ccccc2)c2cccc(-c3cccc(-c4cccc(-c5cc6c7ccccc7n(-c7ccc8ccccc8c7)c6c6c5c5ccccc5n6-c5ccc6ccccc6c5)c4)c3)c2)cc1. The number of hydrogen-bond acceptors (Lipinski definition) is 1. The molecule has 14 aromatic rings. The van der Waals surface area contributed by atoms with E-state index >= 15 is 0 Å². The van der Waals surface area contributed by atoms with Crippen molar-refractivity contribution in [1.82, 2.24) is 9.13 Å². The fourth-order valence-corrected chi connectivity index (χ4v) is 11.2. The molecule has 0 aliphatic rings. The van der Waals surface area contributed by atoms with Crippen molar-refractivity contribution in [3.8, 4) is 44.8 Å². The molecule has 2 aromatic heterocycles. The normalized spacial score (nSPS) is 11.7. The van der Waals surface area contributed by atoms with E-state index in [0.717, 1.165) is 34.0 Å². The van der Waals surface area contributed by atoms with Crippen LogP contribution in [-0.2, 0) is 0 Å². The lowest BCUT2D eigenvalue weighted by Crippen LogP contribution is -2.09. The van der Waals surface area contributed by atoms with E-state index in [1.54, 1.807) is 0 Å². The van der Waals surface area contributed by atoms with Gasteiger partial charge in [0.2, 0.25) is 0 Å². The second-order valence-electron chi connectivity index (χ2n) is 18.5. The number of hydrogen-bond donors (Lipinski definition) is 0. The smallest absolute Gasteiger partial charge is 0.0795 e. The van der Waals surface area contributed by atoms with Crippen LogP contribution >= 0.6 is 0 Å². The Balaban J connectivity index is 0.986. The summed E-state index contributed by atoms with van der Waals surface area (Å²) in [5.41, 5.74) is 17.4. The standard InChI is InChI=1S/C68H45N3/c1-3-27-55(28-4-1)69(56-29-5-2-6-30-56)57-31-17-25-53(44-57)49-23-15-22-48(40-49)50-24-16-26-54(41-50)62-45-63-60-32-11-13-34-64(60)70(58-38-36-46-18-7-9-20-51(46)42-58)67(63)68-66(62)61-33-12-14-35-65(61)71(68)59-39-37-47-19-8-10-21-52(47)43-59/h1-45H. The minimum absolute atomic E-state index is 1.11. The second-order valence-corrected chi connectivity index (χ2v) is 18.5. The van der Waals surface area contributed by atoms with Gasteiger partial charge in [-0.05, 0) is 146 Å². The number of rotatable bonds is 8. The highest BCUT2D eigenvalue weighted by Gasteiger charge is 2.25. The molecule has 0 bridgehead atoms. The van der Waals surface area contributed by atoms with E-state index in [0.29, 0.717) is 0 Å². The van der Waals surface area contributed by atoms with E-state index in [-0.39, 0.29) is 0 Å². The highest BCUT2D eigenvalue weighted by molar-refractivity contribution is 6.28. The first-order valence-corrected chi connectivity index (χ1v) is 24.4. The molecule has 71 heavy (non-hydrogen) atoms. The summed E-state index contributed by atoms with van der Waals surface area (Å²) in [4.78, 5) is 2.32. The quantitative estimate of drug-likeness (QED) is 0.148. The molecule has 0 saturated carbocycles. The average Bonchev–Trinajstić information content (AvgIpc) is 3.98.